The van der Waals surface area contributed by atoms with Crippen LogP contribution in [0.15, 0.2) is 36.5 Å². The Hall–Kier alpha value is -2.60. The van der Waals surface area contributed by atoms with Crippen molar-refractivity contribution in [3.63, 3.8) is 0 Å². The fourth-order valence-electron chi connectivity index (χ4n) is 3.57. The van der Waals surface area contributed by atoms with Gasteiger partial charge in [0.2, 0.25) is 10.0 Å². The number of aromatic nitrogens is 1. The predicted octanol–water partition coefficient (Wildman–Crippen LogP) is 2.27. The zero-order valence-corrected chi connectivity index (χ0v) is 19.2. The van der Waals surface area contributed by atoms with E-state index in [0.29, 0.717) is 30.9 Å². The van der Waals surface area contributed by atoms with Gasteiger partial charge in [-0.05, 0) is 25.1 Å². The molecule has 0 saturated carbocycles. The van der Waals surface area contributed by atoms with Gasteiger partial charge in [-0.3, -0.25) is 9.88 Å². The minimum absolute atomic E-state index is 0.0538. The Bertz CT molecular complexity index is 1050. The average molecular weight is 466 g/mol. The molecule has 0 aliphatic carbocycles. The van der Waals surface area contributed by atoms with Crippen molar-refractivity contribution >= 4 is 27.4 Å². The van der Waals surface area contributed by atoms with Crippen molar-refractivity contribution in [2.75, 3.05) is 50.2 Å². The van der Waals surface area contributed by atoms with Crippen LogP contribution in [0.25, 0.3) is 0 Å². The van der Waals surface area contributed by atoms with Gasteiger partial charge in [-0.25, -0.2) is 17.6 Å². The largest absolute Gasteiger partial charge is 0.383 e. The fraction of sp³-hybridized carbons (Fsp3) is 0.429. The van der Waals surface area contributed by atoms with Gasteiger partial charge in [-0.1, -0.05) is 12.1 Å². The molecule has 0 radical (unpaired) electrons. The van der Waals surface area contributed by atoms with E-state index in [0.717, 1.165) is 5.69 Å². The monoisotopic (exact) mass is 465 g/mol. The highest BCUT2D eigenvalue weighted by atomic mass is 32.2. The van der Waals surface area contributed by atoms with Crippen LogP contribution >= 0.6 is 0 Å². The van der Waals surface area contributed by atoms with E-state index in [4.69, 9.17) is 4.74 Å². The summed E-state index contributed by atoms with van der Waals surface area (Å²) in [6.45, 7) is 3.46. The molecule has 1 aromatic carbocycles. The van der Waals surface area contributed by atoms with Crippen molar-refractivity contribution in [3.8, 4) is 0 Å². The molecule has 0 bridgehead atoms. The lowest BCUT2D eigenvalue weighted by Crippen LogP contribution is -2.55. The van der Waals surface area contributed by atoms with Gasteiger partial charge in [-0.15, -0.1) is 0 Å². The second-order valence-corrected chi connectivity index (χ2v) is 9.73. The summed E-state index contributed by atoms with van der Waals surface area (Å²) >= 11 is 0. The number of hydrogen-bond acceptors (Lipinski definition) is 6. The second kappa shape index (κ2) is 10.3. The number of anilines is 2. The van der Waals surface area contributed by atoms with Gasteiger partial charge in [0.15, 0.2) is 5.82 Å². The van der Waals surface area contributed by atoms with E-state index in [-0.39, 0.29) is 24.8 Å². The molecule has 9 nitrogen and oxygen atoms in total. The summed E-state index contributed by atoms with van der Waals surface area (Å²) in [5, 5.41) is 5.15. The summed E-state index contributed by atoms with van der Waals surface area (Å²) in [6, 6.07) is 7.48. The molecule has 11 heteroatoms. The van der Waals surface area contributed by atoms with Gasteiger partial charge in [-0.2, -0.15) is 4.31 Å². The predicted molar refractivity (Wildman–Crippen MR) is 121 cm³/mol. The molecule has 0 spiro atoms. The third kappa shape index (κ3) is 6.22. The Labute approximate surface area is 187 Å². The van der Waals surface area contributed by atoms with E-state index in [1.807, 2.05) is 11.8 Å². The van der Waals surface area contributed by atoms with Gasteiger partial charge < -0.3 is 15.4 Å². The highest BCUT2D eigenvalue weighted by Gasteiger charge is 2.31. The zero-order valence-electron chi connectivity index (χ0n) is 18.3. The molecule has 1 saturated heterocycles. The number of ether oxygens (including phenoxy) is 1. The van der Waals surface area contributed by atoms with Crippen molar-refractivity contribution in [2.45, 2.75) is 19.5 Å². The number of amides is 2. The highest BCUT2D eigenvalue weighted by Crippen LogP contribution is 2.23. The molecule has 174 valence electrons. The number of carbonyl (C=O) groups is 1. The number of nitrogens with zero attached hydrogens (tertiary/aromatic N) is 3. The minimum Gasteiger partial charge on any atom is -0.383 e. The second-order valence-electron chi connectivity index (χ2n) is 7.75. The Balaban J connectivity index is 1.69. The summed E-state index contributed by atoms with van der Waals surface area (Å²) in [7, 11) is -1.77. The summed E-state index contributed by atoms with van der Waals surface area (Å²) in [4.78, 5) is 18.4. The van der Waals surface area contributed by atoms with E-state index in [9.17, 15) is 13.2 Å². The number of benzene rings is 1. The lowest BCUT2D eigenvalue weighted by atomic mass is 10.1. The summed E-state index contributed by atoms with van der Waals surface area (Å²) in [6.07, 6.45) is 2.70. The van der Waals surface area contributed by atoms with Crippen LogP contribution < -0.4 is 10.6 Å². The number of hydrogen-bond donors (Lipinski definition) is 2. The summed E-state index contributed by atoms with van der Waals surface area (Å²) < 4.78 is 45.6. The topological polar surface area (TPSA) is 104 Å². The van der Waals surface area contributed by atoms with Gasteiger partial charge in [0.25, 0.3) is 0 Å². The van der Waals surface area contributed by atoms with Crippen molar-refractivity contribution < 1.29 is 22.3 Å². The highest BCUT2D eigenvalue weighted by molar-refractivity contribution is 7.88. The Morgan fingerprint density at radius 2 is 2.03 bits per heavy atom. The van der Waals surface area contributed by atoms with Crippen molar-refractivity contribution in [2.24, 2.45) is 0 Å². The van der Waals surface area contributed by atoms with Gasteiger partial charge in [0.1, 0.15) is 0 Å². The van der Waals surface area contributed by atoms with Crippen LogP contribution in [0.2, 0.25) is 0 Å². The first-order valence-electron chi connectivity index (χ1n) is 10.1. The van der Waals surface area contributed by atoms with E-state index >= 15 is 4.39 Å². The molecule has 3 rings (SSSR count). The molecule has 0 unspecified atom stereocenters. The van der Waals surface area contributed by atoms with Crippen LogP contribution in [-0.4, -0.2) is 74.3 Å². The normalized spacial score (nSPS) is 17.8. The number of nitrogens with one attached hydrogen (secondary N) is 2. The standard InChI is InChI=1S/C21H28FN5O4S/c1-15-7-8-17(11-23-15)24-21(28)25-19-6-4-5-16(20(19)22)12-26-9-10-27(32(3,29)30)13-18(26)14-31-2/h4-8,11,18H,9-10,12-14H2,1-3H3,(H2,24,25,28)/t18-/m1/s1. The molecule has 32 heavy (non-hydrogen) atoms. The SMILES string of the molecule is COC[C@H]1CN(S(C)(=O)=O)CCN1Cc1cccc(NC(=O)Nc2ccc(C)nc2)c1F. The van der Waals surface area contributed by atoms with Crippen molar-refractivity contribution in [3.05, 3.63) is 53.6 Å². The lowest BCUT2D eigenvalue weighted by molar-refractivity contribution is 0.0452. The van der Waals surface area contributed by atoms with Crippen LogP contribution in [-0.2, 0) is 21.3 Å². The summed E-state index contributed by atoms with van der Waals surface area (Å²) in [5.74, 6) is -0.536. The smallest absolute Gasteiger partial charge is 0.323 e. The molecule has 2 amide bonds. The molecule has 1 aliphatic heterocycles. The van der Waals surface area contributed by atoms with Crippen LogP contribution in [0, 0.1) is 12.7 Å². The maximum Gasteiger partial charge on any atom is 0.323 e. The van der Waals surface area contributed by atoms with Crippen molar-refractivity contribution in [1.82, 2.24) is 14.2 Å². The first-order valence-corrected chi connectivity index (χ1v) is 12.0. The molecular formula is C21H28FN5O4S. The Morgan fingerprint density at radius 3 is 2.69 bits per heavy atom. The van der Waals surface area contributed by atoms with Crippen LogP contribution in [0.3, 0.4) is 0 Å². The third-order valence-electron chi connectivity index (χ3n) is 5.27. The molecule has 2 heterocycles. The zero-order chi connectivity index (χ0) is 23.3. The van der Waals surface area contributed by atoms with E-state index in [1.54, 1.807) is 31.4 Å². The minimum atomic E-state index is -3.31. The van der Waals surface area contributed by atoms with Gasteiger partial charge >= 0.3 is 6.03 Å². The number of urea groups is 1. The van der Waals surface area contributed by atoms with E-state index in [1.165, 1.54) is 22.8 Å². The van der Waals surface area contributed by atoms with Gasteiger partial charge in [0.05, 0.1) is 30.4 Å². The van der Waals surface area contributed by atoms with Crippen molar-refractivity contribution in [1.29, 1.82) is 0 Å². The van der Waals surface area contributed by atoms with Gasteiger partial charge in [0, 0.05) is 50.6 Å². The molecule has 1 aromatic heterocycles. The number of piperazine rings is 1. The first-order chi connectivity index (χ1) is 15.2. The number of sulfonamides is 1. The molecular weight excluding hydrogens is 437 g/mol. The Kier molecular flexibility index (Phi) is 7.77. The molecule has 2 N–H and O–H groups in total. The molecule has 1 aliphatic rings. The quantitative estimate of drug-likeness (QED) is 0.650. The van der Waals surface area contributed by atoms with Crippen LogP contribution in [0.1, 0.15) is 11.3 Å². The number of carbonyl (C=O) groups excluding carboxylic acids is 1. The summed E-state index contributed by atoms with van der Waals surface area (Å²) in [5.41, 5.74) is 1.77. The average Bonchev–Trinajstić information content (AvgIpc) is 2.73. The first kappa shape index (κ1) is 24.1. The third-order valence-corrected chi connectivity index (χ3v) is 6.53. The van der Waals surface area contributed by atoms with E-state index in [2.05, 4.69) is 15.6 Å². The number of rotatable bonds is 7. The number of halogens is 1. The number of aryl methyl sites for hydroxylation is 1. The lowest BCUT2D eigenvalue weighted by Gasteiger charge is -2.40. The molecule has 2 aromatic rings. The number of pyridine rings is 1. The van der Waals surface area contributed by atoms with Crippen LogP contribution in [0.5, 0.6) is 0 Å². The van der Waals surface area contributed by atoms with E-state index < -0.39 is 21.9 Å². The maximum absolute atomic E-state index is 15.1. The molecule has 1 fully saturated rings. The Morgan fingerprint density at radius 1 is 1.25 bits per heavy atom. The number of methoxy groups -OCH3 is 1. The molecule has 1 atom stereocenters. The maximum atomic E-state index is 15.1. The van der Waals surface area contributed by atoms with Crippen LogP contribution in [0.4, 0.5) is 20.6 Å². The fourth-order valence-corrected chi connectivity index (χ4v) is 4.42.